The van der Waals surface area contributed by atoms with Crippen LogP contribution < -0.4 is 11.1 Å². The molecule has 3 heterocycles. The van der Waals surface area contributed by atoms with Crippen LogP contribution in [-0.4, -0.2) is 72.2 Å². The van der Waals surface area contributed by atoms with Gasteiger partial charge in [0, 0.05) is 44.4 Å². The molecule has 1 spiro atoms. The van der Waals surface area contributed by atoms with Crippen molar-refractivity contribution in [1.82, 2.24) is 15.1 Å². The van der Waals surface area contributed by atoms with Gasteiger partial charge in [-0.2, -0.15) is 0 Å². The van der Waals surface area contributed by atoms with Gasteiger partial charge in [-0.1, -0.05) is 41.5 Å². The first-order valence-electron chi connectivity index (χ1n) is 14.6. The zero-order valence-corrected chi connectivity index (χ0v) is 22.5. The molecule has 3 N–H and O–H groups in total. The zero-order chi connectivity index (χ0) is 26.0. The highest BCUT2D eigenvalue weighted by Crippen LogP contribution is 2.47. The molecule has 7 nitrogen and oxygen atoms in total. The van der Waals surface area contributed by atoms with Gasteiger partial charge in [-0.15, -0.1) is 0 Å². The minimum atomic E-state index is -0.329. The first kappa shape index (κ1) is 24.6. The molecule has 0 aromatic rings. The van der Waals surface area contributed by atoms with Gasteiger partial charge in [0.05, 0.1) is 6.61 Å². The Balaban J connectivity index is 1.03. The highest BCUT2D eigenvalue weighted by Gasteiger charge is 2.60. The van der Waals surface area contributed by atoms with Crippen LogP contribution in [0.4, 0.5) is 0 Å². The fraction of sp³-hybridized carbons (Fsp3) is 0.613. The lowest BCUT2D eigenvalue weighted by Gasteiger charge is -2.44. The summed E-state index contributed by atoms with van der Waals surface area (Å²) >= 11 is 0. The minimum Gasteiger partial charge on any atom is -0.368 e. The van der Waals surface area contributed by atoms with E-state index in [0.717, 1.165) is 64.6 Å². The van der Waals surface area contributed by atoms with Gasteiger partial charge < -0.3 is 20.3 Å². The summed E-state index contributed by atoms with van der Waals surface area (Å²) in [6, 6.07) is 0. The summed E-state index contributed by atoms with van der Waals surface area (Å²) in [5.74, 6) is 1.80. The number of nitrogens with two attached hydrogens (primary N) is 1. The van der Waals surface area contributed by atoms with E-state index in [2.05, 4.69) is 47.5 Å². The van der Waals surface area contributed by atoms with E-state index < -0.39 is 0 Å². The van der Waals surface area contributed by atoms with Crippen molar-refractivity contribution in [2.24, 2.45) is 23.5 Å². The molecule has 7 heteroatoms. The molecule has 38 heavy (non-hydrogen) atoms. The molecule has 202 valence electrons. The first-order valence-corrected chi connectivity index (χ1v) is 14.6. The summed E-state index contributed by atoms with van der Waals surface area (Å²) < 4.78 is 5.38. The summed E-state index contributed by atoms with van der Waals surface area (Å²) in [5, 5.41) is 3.77. The van der Waals surface area contributed by atoms with E-state index in [4.69, 9.17) is 10.5 Å². The molecule has 1 saturated carbocycles. The molecular formula is C31H40N4O3. The van der Waals surface area contributed by atoms with Crippen LogP contribution in [0.25, 0.3) is 0 Å². The number of amides is 2. The lowest BCUT2D eigenvalue weighted by Crippen LogP contribution is -2.59. The molecule has 3 saturated heterocycles. The number of carbonyl (C=O) groups excluding carboxylic acids is 2. The summed E-state index contributed by atoms with van der Waals surface area (Å²) in [5.41, 5.74) is 12.5. The summed E-state index contributed by atoms with van der Waals surface area (Å²) in [4.78, 5) is 30.0. The Labute approximate surface area is 225 Å². The molecule has 0 bridgehead atoms. The van der Waals surface area contributed by atoms with Gasteiger partial charge in [0.2, 0.25) is 5.91 Å². The van der Waals surface area contributed by atoms with Crippen molar-refractivity contribution >= 4 is 11.8 Å². The van der Waals surface area contributed by atoms with Gasteiger partial charge in [-0.25, -0.2) is 0 Å². The first-order chi connectivity index (χ1) is 18.4. The average Bonchev–Trinajstić information content (AvgIpc) is 3.60. The summed E-state index contributed by atoms with van der Waals surface area (Å²) in [7, 11) is 0. The Morgan fingerprint density at radius 2 is 2.03 bits per heavy atom. The number of fused-ring (bicyclic) bond motifs is 1. The monoisotopic (exact) mass is 516 g/mol. The van der Waals surface area contributed by atoms with Crippen LogP contribution in [0, 0.1) is 17.8 Å². The standard InChI is InChI=1S/C31H40N4O3/c1-19-12-22(25-5-4-23-13-20(15-32)2-3-24(23)14-25)6-7-26(19)28-33-31(9-10-31)30(37)35(28)18-21-16-34(17-21)29(36)27-8-11-38-27/h2-5,13,21-22,24,27-28,33H,6-12,14-18,32H2,1H3. The molecule has 4 aliphatic carbocycles. The number of hydrogen-bond donors (Lipinski definition) is 2. The lowest BCUT2D eigenvalue weighted by molar-refractivity contribution is -0.163. The molecule has 3 aliphatic heterocycles. The fourth-order valence-electron chi connectivity index (χ4n) is 7.38. The van der Waals surface area contributed by atoms with Gasteiger partial charge in [-0.05, 0) is 68.1 Å². The van der Waals surface area contributed by atoms with Crippen molar-refractivity contribution in [1.29, 1.82) is 0 Å². The molecular weight excluding hydrogens is 476 g/mol. The van der Waals surface area contributed by atoms with Crippen molar-refractivity contribution in [2.45, 2.75) is 69.7 Å². The molecule has 4 unspecified atom stereocenters. The van der Waals surface area contributed by atoms with E-state index in [0.29, 0.717) is 30.9 Å². The van der Waals surface area contributed by atoms with E-state index in [-0.39, 0.29) is 29.6 Å². The Kier molecular flexibility index (Phi) is 6.02. The number of rotatable bonds is 6. The smallest absolute Gasteiger partial charge is 0.251 e. The number of nitrogens with zero attached hydrogens (tertiary/aromatic N) is 2. The second-order valence-electron chi connectivity index (χ2n) is 12.6. The molecule has 7 aliphatic rings. The van der Waals surface area contributed by atoms with Crippen LogP contribution in [0.15, 0.2) is 58.2 Å². The third-order valence-electron chi connectivity index (χ3n) is 10.1. The molecule has 0 aromatic heterocycles. The predicted molar refractivity (Wildman–Crippen MR) is 146 cm³/mol. The van der Waals surface area contributed by atoms with E-state index in [9.17, 15) is 9.59 Å². The van der Waals surface area contributed by atoms with Gasteiger partial charge >= 0.3 is 0 Å². The topological polar surface area (TPSA) is 87.9 Å². The Morgan fingerprint density at radius 1 is 1.21 bits per heavy atom. The van der Waals surface area contributed by atoms with Crippen LogP contribution in [0.3, 0.4) is 0 Å². The van der Waals surface area contributed by atoms with Gasteiger partial charge in [0.15, 0.2) is 0 Å². The normalized spacial score (nSPS) is 33.9. The summed E-state index contributed by atoms with van der Waals surface area (Å²) in [6.45, 7) is 5.79. The second-order valence-corrected chi connectivity index (χ2v) is 12.6. The van der Waals surface area contributed by atoms with Crippen molar-refractivity contribution in [3.63, 3.8) is 0 Å². The molecule has 2 amide bonds. The predicted octanol–water partition coefficient (Wildman–Crippen LogP) is 2.97. The Hall–Kier alpha value is -2.48. The van der Waals surface area contributed by atoms with Crippen LogP contribution in [0.1, 0.15) is 51.9 Å². The van der Waals surface area contributed by atoms with Crippen molar-refractivity contribution in [2.75, 3.05) is 32.8 Å². The maximum absolute atomic E-state index is 13.5. The molecule has 0 aromatic carbocycles. The van der Waals surface area contributed by atoms with Crippen molar-refractivity contribution in [3.05, 3.63) is 58.2 Å². The third kappa shape index (κ3) is 4.14. The fourth-order valence-corrected chi connectivity index (χ4v) is 7.38. The Morgan fingerprint density at radius 3 is 2.71 bits per heavy atom. The van der Waals surface area contributed by atoms with Crippen LogP contribution in [0.2, 0.25) is 0 Å². The maximum Gasteiger partial charge on any atom is 0.251 e. The largest absolute Gasteiger partial charge is 0.368 e. The van der Waals surface area contributed by atoms with E-state index in [1.54, 1.807) is 5.57 Å². The lowest BCUT2D eigenvalue weighted by atomic mass is 9.73. The van der Waals surface area contributed by atoms with Gasteiger partial charge in [0.25, 0.3) is 5.91 Å². The van der Waals surface area contributed by atoms with Gasteiger partial charge in [0.1, 0.15) is 17.8 Å². The number of carbonyl (C=O) groups is 2. The summed E-state index contributed by atoms with van der Waals surface area (Å²) in [6.07, 6.45) is 18.3. The van der Waals surface area contributed by atoms with Crippen LogP contribution in [0.5, 0.6) is 0 Å². The molecule has 0 radical (unpaired) electrons. The highest BCUT2D eigenvalue weighted by molar-refractivity contribution is 5.92. The SMILES string of the molecule is CC1=C(C2NC3(CC3)C(=O)N2CC2CN(C(=O)C3CCO3)C2)CCC(C2=CC=C3C=C(CN)C=CC3C2)C1. The number of nitrogens with one attached hydrogen (secondary N) is 1. The van der Waals surface area contributed by atoms with Crippen LogP contribution >= 0.6 is 0 Å². The van der Waals surface area contributed by atoms with Gasteiger partial charge in [-0.3, -0.25) is 14.9 Å². The van der Waals surface area contributed by atoms with Crippen molar-refractivity contribution < 1.29 is 14.3 Å². The average molecular weight is 517 g/mol. The third-order valence-corrected chi connectivity index (χ3v) is 10.1. The van der Waals surface area contributed by atoms with E-state index in [1.165, 1.54) is 22.3 Å². The number of allylic oxidation sites excluding steroid dienone is 7. The van der Waals surface area contributed by atoms with Crippen molar-refractivity contribution in [3.8, 4) is 0 Å². The number of likely N-dealkylation sites (tertiary alicyclic amines) is 1. The minimum absolute atomic E-state index is 0.0126. The van der Waals surface area contributed by atoms with E-state index in [1.807, 2.05) is 4.90 Å². The Bertz CT molecular complexity index is 1200. The molecule has 4 atom stereocenters. The number of ether oxygens (including phenoxy) is 1. The highest BCUT2D eigenvalue weighted by atomic mass is 16.5. The molecule has 7 rings (SSSR count). The second kappa shape index (κ2) is 9.32. The number of hydrogen-bond acceptors (Lipinski definition) is 5. The quantitative estimate of drug-likeness (QED) is 0.530. The van der Waals surface area contributed by atoms with E-state index >= 15 is 0 Å². The zero-order valence-electron chi connectivity index (χ0n) is 22.5. The van der Waals surface area contributed by atoms with Crippen LogP contribution in [-0.2, 0) is 14.3 Å². The molecule has 4 fully saturated rings. The maximum atomic E-state index is 13.5.